The number of hydrogen-bond acceptors (Lipinski definition) is 3. The topological polar surface area (TPSA) is 50.7 Å². The molecule has 0 unspecified atom stereocenters. The average molecular weight is 247 g/mol. The summed E-state index contributed by atoms with van der Waals surface area (Å²) in [7, 11) is 0. The summed E-state index contributed by atoms with van der Waals surface area (Å²) in [6.45, 7) is 2.69. The Labute approximate surface area is 104 Å². The lowest BCUT2D eigenvalue weighted by molar-refractivity contribution is 0.641. The van der Waals surface area contributed by atoms with Gasteiger partial charge in [0.25, 0.3) is 0 Å². The molecule has 2 aromatic heterocycles. The van der Waals surface area contributed by atoms with Gasteiger partial charge in [0.1, 0.15) is 4.64 Å². The molecule has 0 saturated heterocycles. The van der Waals surface area contributed by atoms with Gasteiger partial charge in [0.15, 0.2) is 0 Å². The Hall–Kier alpha value is -1.75. The van der Waals surface area contributed by atoms with E-state index in [1.807, 2.05) is 19.1 Å². The molecule has 5 heteroatoms. The average Bonchev–Trinajstić information content (AvgIpc) is 2.33. The van der Waals surface area contributed by atoms with E-state index in [1.54, 1.807) is 23.0 Å². The summed E-state index contributed by atoms with van der Waals surface area (Å²) in [5.41, 5.74) is 1.55. The molecule has 0 aliphatic rings. The molecule has 0 fully saturated rings. The zero-order chi connectivity index (χ0) is 12.3. The Morgan fingerprint density at radius 1 is 1.53 bits per heavy atom. The molecule has 1 N–H and O–H groups in total. The minimum atomic E-state index is -0.168. The van der Waals surface area contributed by atoms with Crippen LogP contribution < -0.4 is 5.69 Å². The minimum Gasteiger partial charge on any atom is -0.298 e. The molecule has 0 saturated carbocycles. The number of pyridine rings is 1. The monoisotopic (exact) mass is 247 g/mol. The molecule has 0 aliphatic heterocycles. The van der Waals surface area contributed by atoms with Crippen LogP contribution in [0.2, 0.25) is 0 Å². The van der Waals surface area contributed by atoms with Gasteiger partial charge in [-0.2, -0.15) is 0 Å². The van der Waals surface area contributed by atoms with E-state index >= 15 is 0 Å². The second-order valence-electron chi connectivity index (χ2n) is 3.72. The van der Waals surface area contributed by atoms with Gasteiger partial charge < -0.3 is 0 Å². The summed E-state index contributed by atoms with van der Waals surface area (Å²) in [6, 6.07) is 5.56. The summed E-state index contributed by atoms with van der Waals surface area (Å²) in [6.07, 6.45) is 4.32. The summed E-state index contributed by atoms with van der Waals surface area (Å²) in [5.74, 6) is 0. The van der Waals surface area contributed by atoms with Crippen LogP contribution in [0.3, 0.4) is 0 Å². The van der Waals surface area contributed by atoms with Crippen molar-refractivity contribution in [3.63, 3.8) is 0 Å². The molecule has 17 heavy (non-hydrogen) atoms. The molecule has 0 radical (unpaired) electrons. The Bertz CT molecular complexity index is 616. The van der Waals surface area contributed by atoms with Crippen molar-refractivity contribution in [3.8, 4) is 11.3 Å². The molecule has 2 aromatic rings. The number of nitrogens with one attached hydrogen (secondary N) is 1. The quantitative estimate of drug-likeness (QED) is 0.847. The highest BCUT2D eigenvalue weighted by atomic mass is 32.1. The first-order valence-electron chi connectivity index (χ1n) is 5.47. The van der Waals surface area contributed by atoms with Crippen molar-refractivity contribution in [2.24, 2.45) is 0 Å². The Morgan fingerprint density at radius 3 is 3.00 bits per heavy atom. The van der Waals surface area contributed by atoms with Crippen molar-refractivity contribution in [2.45, 2.75) is 19.9 Å². The highest BCUT2D eigenvalue weighted by Crippen LogP contribution is 2.16. The standard InChI is InChI=1S/C12H13N3OS/c1-2-6-15-10(7-11(17)14-12(15)16)9-4-3-5-13-8-9/h3-5,7-8H,2,6H2,1H3,(H,14,16,17). The predicted octanol–water partition coefficient (Wildman–Crippen LogP) is 2.38. The number of hydrogen-bond donors (Lipinski definition) is 1. The van der Waals surface area contributed by atoms with E-state index < -0.39 is 0 Å². The molecule has 0 atom stereocenters. The van der Waals surface area contributed by atoms with Crippen molar-refractivity contribution in [1.29, 1.82) is 0 Å². The lowest BCUT2D eigenvalue weighted by atomic mass is 10.2. The van der Waals surface area contributed by atoms with E-state index in [4.69, 9.17) is 12.2 Å². The third-order valence-corrected chi connectivity index (χ3v) is 2.66. The Kier molecular flexibility index (Phi) is 3.49. The molecule has 0 amide bonds. The highest BCUT2D eigenvalue weighted by Gasteiger charge is 2.06. The van der Waals surface area contributed by atoms with Crippen LogP contribution in [0, 0.1) is 4.64 Å². The maximum Gasteiger partial charge on any atom is 0.326 e. The van der Waals surface area contributed by atoms with Gasteiger partial charge in [-0.15, -0.1) is 0 Å². The van der Waals surface area contributed by atoms with Crippen LogP contribution in [0.15, 0.2) is 35.4 Å². The largest absolute Gasteiger partial charge is 0.326 e. The van der Waals surface area contributed by atoms with Gasteiger partial charge in [0, 0.05) is 24.5 Å². The molecule has 0 aliphatic carbocycles. The van der Waals surface area contributed by atoms with Crippen molar-refractivity contribution in [1.82, 2.24) is 14.5 Å². The minimum absolute atomic E-state index is 0.168. The summed E-state index contributed by atoms with van der Waals surface area (Å²) >= 11 is 5.04. The van der Waals surface area contributed by atoms with Gasteiger partial charge in [0.05, 0.1) is 5.69 Å². The Morgan fingerprint density at radius 2 is 2.35 bits per heavy atom. The zero-order valence-electron chi connectivity index (χ0n) is 9.51. The molecule has 2 rings (SSSR count). The summed E-state index contributed by atoms with van der Waals surface area (Å²) < 4.78 is 2.13. The Balaban J connectivity index is 2.67. The van der Waals surface area contributed by atoms with Crippen LogP contribution in [0.5, 0.6) is 0 Å². The highest BCUT2D eigenvalue weighted by molar-refractivity contribution is 7.71. The first-order chi connectivity index (χ1) is 8.22. The maximum atomic E-state index is 11.8. The number of aromatic nitrogens is 3. The molecular formula is C12H13N3OS. The third kappa shape index (κ3) is 2.50. The van der Waals surface area contributed by atoms with Gasteiger partial charge in [-0.05, 0) is 24.6 Å². The smallest absolute Gasteiger partial charge is 0.298 e. The fourth-order valence-electron chi connectivity index (χ4n) is 1.72. The van der Waals surface area contributed by atoms with E-state index in [9.17, 15) is 4.79 Å². The number of nitrogens with zero attached hydrogens (tertiary/aromatic N) is 2. The fraction of sp³-hybridized carbons (Fsp3) is 0.250. The summed E-state index contributed by atoms with van der Waals surface area (Å²) in [5, 5.41) is 0. The van der Waals surface area contributed by atoms with E-state index in [-0.39, 0.29) is 5.69 Å². The van der Waals surface area contributed by atoms with Crippen molar-refractivity contribution >= 4 is 12.2 Å². The van der Waals surface area contributed by atoms with Gasteiger partial charge in [0.2, 0.25) is 0 Å². The maximum absolute atomic E-state index is 11.8. The van der Waals surface area contributed by atoms with Crippen LogP contribution in [0.4, 0.5) is 0 Å². The van der Waals surface area contributed by atoms with E-state index in [1.165, 1.54) is 0 Å². The van der Waals surface area contributed by atoms with Crippen LogP contribution in [0.25, 0.3) is 11.3 Å². The van der Waals surface area contributed by atoms with E-state index in [0.29, 0.717) is 11.2 Å². The third-order valence-electron chi connectivity index (χ3n) is 2.44. The molecule has 88 valence electrons. The molecule has 2 heterocycles. The van der Waals surface area contributed by atoms with Crippen LogP contribution in [0.1, 0.15) is 13.3 Å². The second kappa shape index (κ2) is 5.05. The first kappa shape index (κ1) is 11.7. The van der Waals surface area contributed by atoms with Gasteiger partial charge in [-0.25, -0.2) is 4.79 Å². The van der Waals surface area contributed by atoms with Gasteiger partial charge >= 0.3 is 5.69 Å². The van der Waals surface area contributed by atoms with Crippen LogP contribution in [-0.4, -0.2) is 14.5 Å². The fourth-order valence-corrected chi connectivity index (χ4v) is 1.92. The van der Waals surface area contributed by atoms with Crippen molar-refractivity contribution in [3.05, 3.63) is 45.7 Å². The van der Waals surface area contributed by atoms with Crippen molar-refractivity contribution in [2.75, 3.05) is 0 Å². The molecule has 0 spiro atoms. The predicted molar refractivity (Wildman–Crippen MR) is 69.4 cm³/mol. The second-order valence-corrected chi connectivity index (χ2v) is 4.16. The molecule has 0 bridgehead atoms. The van der Waals surface area contributed by atoms with Crippen LogP contribution in [-0.2, 0) is 6.54 Å². The number of aromatic amines is 1. The summed E-state index contributed by atoms with van der Waals surface area (Å²) in [4.78, 5) is 18.5. The first-order valence-corrected chi connectivity index (χ1v) is 5.87. The number of H-pyrrole nitrogens is 1. The number of rotatable bonds is 3. The van der Waals surface area contributed by atoms with Gasteiger partial charge in [-0.3, -0.25) is 14.5 Å². The van der Waals surface area contributed by atoms with Crippen LogP contribution >= 0.6 is 12.2 Å². The van der Waals surface area contributed by atoms with E-state index in [0.717, 1.165) is 17.7 Å². The van der Waals surface area contributed by atoms with Gasteiger partial charge in [-0.1, -0.05) is 19.1 Å². The molecular weight excluding hydrogens is 234 g/mol. The SMILES string of the molecule is CCCn1c(-c2cccnc2)cc(=S)[nH]c1=O. The lowest BCUT2D eigenvalue weighted by Gasteiger charge is -2.10. The molecule has 4 nitrogen and oxygen atoms in total. The lowest BCUT2D eigenvalue weighted by Crippen LogP contribution is -2.24. The van der Waals surface area contributed by atoms with E-state index in [2.05, 4.69) is 9.97 Å². The molecule has 0 aromatic carbocycles. The normalized spacial score (nSPS) is 10.4. The van der Waals surface area contributed by atoms with Crippen molar-refractivity contribution < 1.29 is 0 Å². The zero-order valence-corrected chi connectivity index (χ0v) is 10.3.